The minimum atomic E-state index is -0.791. The van der Waals surface area contributed by atoms with E-state index in [1.54, 1.807) is 45.6 Å². The third-order valence-corrected chi connectivity index (χ3v) is 4.82. The number of hydrogen-bond donors (Lipinski definition) is 3. The summed E-state index contributed by atoms with van der Waals surface area (Å²) in [5.74, 6) is 2.59. The highest BCUT2D eigenvalue weighted by molar-refractivity contribution is 6.31. The van der Waals surface area contributed by atoms with E-state index in [1.807, 2.05) is 19.1 Å². The van der Waals surface area contributed by atoms with Crippen LogP contribution in [0, 0.1) is 0 Å². The van der Waals surface area contributed by atoms with Crippen LogP contribution in [-0.2, 0) is 6.42 Å². The molecular weight excluding hydrogens is 406 g/mol. The van der Waals surface area contributed by atoms with E-state index in [4.69, 9.17) is 25.8 Å². The molecule has 0 bridgehead atoms. The van der Waals surface area contributed by atoms with Crippen LogP contribution >= 0.6 is 11.6 Å². The van der Waals surface area contributed by atoms with Crippen molar-refractivity contribution in [1.82, 2.24) is 10.6 Å². The highest BCUT2D eigenvalue weighted by atomic mass is 35.5. The summed E-state index contributed by atoms with van der Waals surface area (Å²) in [5.41, 5.74) is 1.69. The van der Waals surface area contributed by atoms with Gasteiger partial charge in [0.2, 0.25) is 0 Å². The first-order chi connectivity index (χ1) is 14.5. The Balaban J connectivity index is 1.98. The van der Waals surface area contributed by atoms with E-state index in [0.29, 0.717) is 41.1 Å². The first-order valence-corrected chi connectivity index (χ1v) is 10.1. The molecule has 0 aromatic heterocycles. The highest BCUT2D eigenvalue weighted by Crippen LogP contribution is 2.26. The number of halogens is 1. The van der Waals surface area contributed by atoms with Gasteiger partial charge in [-0.3, -0.25) is 4.99 Å². The number of benzene rings is 2. The van der Waals surface area contributed by atoms with Crippen molar-refractivity contribution in [3.8, 4) is 17.2 Å². The van der Waals surface area contributed by atoms with E-state index < -0.39 is 6.10 Å². The molecule has 0 aliphatic carbocycles. The number of aliphatic hydroxyl groups excluding tert-OH is 1. The second kappa shape index (κ2) is 12.1. The maximum absolute atomic E-state index is 10.6. The Labute approximate surface area is 183 Å². The molecule has 0 radical (unpaired) electrons. The molecule has 164 valence electrons. The SMILES string of the molecule is CCNC(=NCC(O)c1cc(OC)cc(OC)c1)NCCc1ccc(OC)cc1Cl. The zero-order valence-electron chi connectivity index (χ0n) is 17.9. The number of nitrogens with zero attached hydrogens (tertiary/aromatic N) is 1. The van der Waals surface area contributed by atoms with E-state index in [2.05, 4.69) is 15.6 Å². The molecule has 2 aromatic carbocycles. The van der Waals surface area contributed by atoms with Gasteiger partial charge in [0.1, 0.15) is 17.2 Å². The van der Waals surface area contributed by atoms with Crippen LogP contribution in [0.4, 0.5) is 0 Å². The Bertz CT molecular complexity index is 823. The van der Waals surface area contributed by atoms with Crippen molar-refractivity contribution in [3.63, 3.8) is 0 Å². The summed E-state index contributed by atoms with van der Waals surface area (Å²) in [6.45, 7) is 3.52. The average molecular weight is 436 g/mol. The van der Waals surface area contributed by atoms with Gasteiger partial charge >= 0.3 is 0 Å². The van der Waals surface area contributed by atoms with Gasteiger partial charge in [-0.05, 0) is 48.7 Å². The second-order valence-electron chi connectivity index (χ2n) is 6.52. The minimum Gasteiger partial charge on any atom is -0.497 e. The molecule has 1 unspecified atom stereocenters. The normalized spacial score (nSPS) is 12.3. The van der Waals surface area contributed by atoms with Gasteiger partial charge in [-0.1, -0.05) is 17.7 Å². The smallest absolute Gasteiger partial charge is 0.191 e. The number of hydrogen-bond acceptors (Lipinski definition) is 5. The lowest BCUT2D eigenvalue weighted by molar-refractivity contribution is 0.186. The second-order valence-corrected chi connectivity index (χ2v) is 6.92. The molecule has 30 heavy (non-hydrogen) atoms. The van der Waals surface area contributed by atoms with Crippen LogP contribution in [0.5, 0.6) is 17.2 Å². The summed E-state index contributed by atoms with van der Waals surface area (Å²) in [6, 6.07) is 10.9. The van der Waals surface area contributed by atoms with Crippen LogP contribution in [-0.4, -0.2) is 52.0 Å². The molecule has 1 atom stereocenters. The van der Waals surface area contributed by atoms with Gasteiger partial charge in [0.05, 0.1) is 34.0 Å². The molecule has 8 heteroatoms. The molecular formula is C22H30ClN3O4. The van der Waals surface area contributed by atoms with E-state index in [9.17, 15) is 5.11 Å². The molecule has 0 aliphatic heterocycles. The van der Waals surface area contributed by atoms with Crippen molar-refractivity contribution in [3.05, 3.63) is 52.5 Å². The number of ether oxygens (including phenoxy) is 3. The van der Waals surface area contributed by atoms with Crippen molar-refractivity contribution in [1.29, 1.82) is 0 Å². The Morgan fingerprint density at radius 3 is 2.23 bits per heavy atom. The summed E-state index contributed by atoms with van der Waals surface area (Å²) in [7, 11) is 4.76. The van der Waals surface area contributed by atoms with Crippen molar-refractivity contribution in [2.45, 2.75) is 19.4 Å². The summed E-state index contributed by atoms with van der Waals surface area (Å²) < 4.78 is 15.7. The number of methoxy groups -OCH3 is 3. The minimum absolute atomic E-state index is 0.189. The fourth-order valence-electron chi connectivity index (χ4n) is 2.82. The predicted octanol–water partition coefficient (Wildman–Crippen LogP) is 3.20. The van der Waals surface area contributed by atoms with Gasteiger partial charge in [-0.15, -0.1) is 0 Å². The summed E-state index contributed by atoms with van der Waals surface area (Å²) in [4.78, 5) is 4.49. The molecule has 0 saturated carbocycles. The average Bonchev–Trinajstić information content (AvgIpc) is 2.77. The van der Waals surface area contributed by atoms with Crippen LogP contribution in [0.25, 0.3) is 0 Å². The summed E-state index contributed by atoms with van der Waals surface area (Å²) >= 11 is 6.30. The third-order valence-electron chi connectivity index (χ3n) is 4.47. The van der Waals surface area contributed by atoms with E-state index in [-0.39, 0.29) is 6.54 Å². The molecule has 0 fully saturated rings. The Kier molecular flexibility index (Phi) is 9.57. The van der Waals surface area contributed by atoms with Gasteiger partial charge in [0.15, 0.2) is 5.96 Å². The Morgan fingerprint density at radius 2 is 1.67 bits per heavy atom. The molecule has 0 amide bonds. The maximum atomic E-state index is 10.6. The first kappa shape index (κ1) is 23.6. The van der Waals surface area contributed by atoms with Gasteiger partial charge in [0.25, 0.3) is 0 Å². The summed E-state index contributed by atoms with van der Waals surface area (Å²) in [6.07, 6.45) is -0.0661. The fourth-order valence-corrected chi connectivity index (χ4v) is 3.09. The number of guanidine groups is 1. The summed E-state index contributed by atoms with van der Waals surface area (Å²) in [5, 5.41) is 17.7. The fraction of sp³-hybridized carbons (Fsp3) is 0.409. The standard InChI is InChI=1S/C22H30ClN3O4/c1-5-24-22(25-9-8-15-6-7-17(28-2)13-20(15)23)26-14-21(27)16-10-18(29-3)12-19(11-16)30-4/h6-7,10-13,21,27H,5,8-9,14H2,1-4H3,(H2,24,25,26). The first-order valence-electron chi connectivity index (χ1n) is 9.76. The topological polar surface area (TPSA) is 84.3 Å². The highest BCUT2D eigenvalue weighted by Gasteiger charge is 2.11. The predicted molar refractivity (Wildman–Crippen MR) is 120 cm³/mol. The lowest BCUT2D eigenvalue weighted by Crippen LogP contribution is -2.38. The zero-order valence-corrected chi connectivity index (χ0v) is 18.6. The molecule has 0 heterocycles. The maximum Gasteiger partial charge on any atom is 0.191 e. The Hall–Kier alpha value is -2.64. The van der Waals surface area contributed by atoms with Crippen molar-refractivity contribution < 1.29 is 19.3 Å². The van der Waals surface area contributed by atoms with E-state index >= 15 is 0 Å². The van der Waals surface area contributed by atoms with Crippen molar-refractivity contribution >= 4 is 17.6 Å². The van der Waals surface area contributed by atoms with E-state index in [1.165, 1.54) is 0 Å². The van der Waals surface area contributed by atoms with Gasteiger partial charge < -0.3 is 30.0 Å². The van der Waals surface area contributed by atoms with Crippen LogP contribution in [0.3, 0.4) is 0 Å². The molecule has 0 aliphatic rings. The van der Waals surface area contributed by atoms with Crippen LogP contribution < -0.4 is 24.8 Å². The molecule has 2 rings (SSSR count). The van der Waals surface area contributed by atoms with Gasteiger partial charge in [-0.25, -0.2) is 0 Å². The molecule has 0 saturated heterocycles. The lowest BCUT2D eigenvalue weighted by atomic mass is 10.1. The van der Waals surface area contributed by atoms with Crippen LogP contribution in [0.2, 0.25) is 5.02 Å². The number of rotatable bonds is 10. The third kappa shape index (κ3) is 7.00. The van der Waals surface area contributed by atoms with Gasteiger partial charge in [-0.2, -0.15) is 0 Å². The lowest BCUT2D eigenvalue weighted by Gasteiger charge is -2.15. The number of aliphatic hydroxyl groups is 1. The Morgan fingerprint density at radius 1 is 1.00 bits per heavy atom. The molecule has 2 aromatic rings. The van der Waals surface area contributed by atoms with Crippen LogP contribution in [0.15, 0.2) is 41.4 Å². The number of nitrogens with one attached hydrogen (secondary N) is 2. The molecule has 3 N–H and O–H groups in total. The zero-order chi connectivity index (χ0) is 21.9. The van der Waals surface area contributed by atoms with E-state index in [0.717, 1.165) is 17.7 Å². The molecule has 7 nitrogen and oxygen atoms in total. The van der Waals surface area contributed by atoms with Crippen molar-refractivity contribution in [2.75, 3.05) is 41.0 Å². The van der Waals surface area contributed by atoms with Crippen molar-refractivity contribution in [2.24, 2.45) is 4.99 Å². The largest absolute Gasteiger partial charge is 0.497 e. The monoisotopic (exact) mass is 435 g/mol. The van der Waals surface area contributed by atoms with Gasteiger partial charge in [0, 0.05) is 24.2 Å². The molecule has 0 spiro atoms. The quantitative estimate of drug-likeness (QED) is 0.392. The van der Waals surface area contributed by atoms with Crippen LogP contribution in [0.1, 0.15) is 24.2 Å². The number of aliphatic imine (C=N–C) groups is 1.